The van der Waals surface area contributed by atoms with Crippen molar-refractivity contribution in [3.63, 3.8) is 0 Å². The van der Waals surface area contributed by atoms with Crippen molar-refractivity contribution in [3.05, 3.63) is 29.8 Å². The molecule has 2 atom stereocenters. The largest absolute Gasteiger partial charge is 0.481 e. The normalized spacial score (nSPS) is 22.8. The van der Waals surface area contributed by atoms with Gasteiger partial charge in [-0.3, -0.25) is 4.79 Å². The number of nitrogens with zero attached hydrogens (tertiary/aromatic N) is 2. The van der Waals surface area contributed by atoms with Gasteiger partial charge in [-0.25, -0.2) is 0 Å². The second-order valence-corrected chi connectivity index (χ2v) is 4.87. The fourth-order valence-corrected chi connectivity index (χ4v) is 2.38. The van der Waals surface area contributed by atoms with Gasteiger partial charge < -0.3 is 15.3 Å². The van der Waals surface area contributed by atoms with Crippen molar-refractivity contribution >= 4 is 11.7 Å². The molecule has 0 amide bonds. The lowest BCUT2D eigenvalue weighted by molar-refractivity contribution is -0.137. The molecule has 0 spiro atoms. The minimum Gasteiger partial charge on any atom is -0.481 e. The standard InChI is InChI=1S/C14H17N3O2/c1-10-9-17(13(8-16-10)6-14(18)19)12-4-2-11(7-15)3-5-12/h2-5,10,13,16H,6,8-9H2,1H3,(H,18,19). The number of rotatable bonds is 3. The van der Waals surface area contributed by atoms with Crippen molar-refractivity contribution in [2.75, 3.05) is 18.0 Å². The van der Waals surface area contributed by atoms with E-state index in [4.69, 9.17) is 10.4 Å². The Balaban J connectivity index is 2.20. The van der Waals surface area contributed by atoms with E-state index in [1.807, 2.05) is 12.1 Å². The summed E-state index contributed by atoms with van der Waals surface area (Å²) in [5.41, 5.74) is 1.58. The van der Waals surface area contributed by atoms with E-state index in [0.717, 1.165) is 12.2 Å². The van der Waals surface area contributed by atoms with Crippen molar-refractivity contribution in [3.8, 4) is 6.07 Å². The molecule has 100 valence electrons. The Morgan fingerprint density at radius 1 is 1.53 bits per heavy atom. The summed E-state index contributed by atoms with van der Waals surface area (Å²) < 4.78 is 0. The maximum atomic E-state index is 10.9. The number of benzene rings is 1. The third-order valence-corrected chi connectivity index (χ3v) is 3.35. The predicted octanol–water partition coefficient (Wildman–Crippen LogP) is 1.20. The molecular weight excluding hydrogens is 242 g/mol. The third kappa shape index (κ3) is 3.24. The number of carbonyl (C=O) groups is 1. The number of aliphatic carboxylic acids is 1. The van der Waals surface area contributed by atoms with Crippen LogP contribution in [0.4, 0.5) is 5.69 Å². The van der Waals surface area contributed by atoms with Gasteiger partial charge in [0.1, 0.15) is 0 Å². The number of anilines is 1. The highest BCUT2D eigenvalue weighted by molar-refractivity contribution is 5.69. The van der Waals surface area contributed by atoms with E-state index in [1.165, 1.54) is 0 Å². The van der Waals surface area contributed by atoms with Crippen molar-refractivity contribution in [2.45, 2.75) is 25.4 Å². The molecule has 0 aliphatic carbocycles. The molecule has 0 aromatic heterocycles. The summed E-state index contributed by atoms with van der Waals surface area (Å²) in [6.07, 6.45) is 0.111. The summed E-state index contributed by atoms with van der Waals surface area (Å²) in [5.74, 6) is -0.792. The molecule has 1 saturated heterocycles. The maximum absolute atomic E-state index is 10.9. The van der Waals surface area contributed by atoms with Crippen LogP contribution >= 0.6 is 0 Å². The molecule has 1 aliphatic rings. The van der Waals surface area contributed by atoms with Crippen LogP contribution < -0.4 is 10.2 Å². The smallest absolute Gasteiger partial charge is 0.305 e. The van der Waals surface area contributed by atoms with Gasteiger partial charge in [0.05, 0.1) is 24.1 Å². The molecule has 2 unspecified atom stereocenters. The Kier molecular flexibility index (Phi) is 4.03. The van der Waals surface area contributed by atoms with Gasteiger partial charge >= 0.3 is 5.97 Å². The quantitative estimate of drug-likeness (QED) is 0.853. The number of hydrogen-bond acceptors (Lipinski definition) is 4. The molecule has 1 aromatic rings. The number of nitrogens with one attached hydrogen (secondary N) is 1. The first-order valence-corrected chi connectivity index (χ1v) is 6.32. The number of hydrogen-bond donors (Lipinski definition) is 2. The Bertz CT molecular complexity index is 492. The Morgan fingerprint density at radius 2 is 2.21 bits per heavy atom. The van der Waals surface area contributed by atoms with E-state index >= 15 is 0 Å². The first kappa shape index (κ1) is 13.4. The van der Waals surface area contributed by atoms with Crippen LogP contribution in [0.1, 0.15) is 18.9 Å². The van der Waals surface area contributed by atoms with Gasteiger partial charge in [0.25, 0.3) is 0 Å². The summed E-state index contributed by atoms with van der Waals surface area (Å²) in [4.78, 5) is 13.0. The van der Waals surface area contributed by atoms with E-state index < -0.39 is 5.97 Å². The highest BCUT2D eigenvalue weighted by atomic mass is 16.4. The molecule has 1 aliphatic heterocycles. The molecule has 2 N–H and O–H groups in total. The van der Waals surface area contributed by atoms with Crippen LogP contribution in [-0.4, -0.2) is 36.2 Å². The lowest BCUT2D eigenvalue weighted by Crippen LogP contribution is -2.56. The van der Waals surface area contributed by atoms with Crippen molar-refractivity contribution in [1.29, 1.82) is 5.26 Å². The highest BCUT2D eigenvalue weighted by Gasteiger charge is 2.27. The van der Waals surface area contributed by atoms with E-state index in [0.29, 0.717) is 18.2 Å². The monoisotopic (exact) mass is 259 g/mol. The fourth-order valence-electron chi connectivity index (χ4n) is 2.38. The van der Waals surface area contributed by atoms with Gasteiger partial charge in [-0.05, 0) is 31.2 Å². The topological polar surface area (TPSA) is 76.4 Å². The molecule has 5 nitrogen and oxygen atoms in total. The summed E-state index contributed by atoms with van der Waals surface area (Å²) >= 11 is 0. The van der Waals surface area contributed by atoms with Gasteiger partial charge in [0.15, 0.2) is 0 Å². The molecule has 1 fully saturated rings. The minimum atomic E-state index is -0.792. The maximum Gasteiger partial charge on any atom is 0.305 e. The molecule has 0 radical (unpaired) electrons. The molecule has 2 rings (SSSR count). The molecule has 5 heteroatoms. The summed E-state index contributed by atoms with van der Waals surface area (Å²) in [6, 6.07) is 9.64. The lowest BCUT2D eigenvalue weighted by Gasteiger charge is -2.40. The summed E-state index contributed by atoms with van der Waals surface area (Å²) in [5, 5.41) is 21.1. The zero-order chi connectivity index (χ0) is 13.8. The second-order valence-electron chi connectivity index (χ2n) is 4.87. The zero-order valence-electron chi connectivity index (χ0n) is 10.8. The molecule has 0 saturated carbocycles. The highest BCUT2D eigenvalue weighted by Crippen LogP contribution is 2.22. The number of carboxylic acids is 1. The van der Waals surface area contributed by atoms with Crippen LogP contribution in [0, 0.1) is 11.3 Å². The first-order valence-electron chi connectivity index (χ1n) is 6.32. The predicted molar refractivity (Wildman–Crippen MR) is 72.0 cm³/mol. The average Bonchev–Trinajstić information content (AvgIpc) is 2.40. The zero-order valence-corrected chi connectivity index (χ0v) is 10.8. The van der Waals surface area contributed by atoms with Gasteiger partial charge in [0.2, 0.25) is 0 Å². The Labute approximate surface area is 112 Å². The van der Waals surface area contributed by atoms with E-state index in [2.05, 4.69) is 23.2 Å². The second kappa shape index (κ2) is 5.72. The van der Waals surface area contributed by atoms with Gasteiger partial charge in [-0.2, -0.15) is 5.26 Å². The lowest BCUT2D eigenvalue weighted by atomic mass is 10.0. The SMILES string of the molecule is CC1CN(c2ccc(C#N)cc2)C(CC(=O)O)CN1. The van der Waals surface area contributed by atoms with E-state index in [9.17, 15) is 4.79 Å². The van der Waals surface area contributed by atoms with Gasteiger partial charge in [-0.1, -0.05) is 0 Å². The molecule has 19 heavy (non-hydrogen) atoms. The number of carboxylic acid groups (broad SMARTS) is 1. The van der Waals surface area contributed by atoms with Crippen LogP contribution in [-0.2, 0) is 4.79 Å². The molecule has 1 heterocycles. The number of nitriles is 1. The first-order chi connectivity index (χ1) is 9.10. The summed E-state index contributed by atoms with van der Waals surface area (Å²) in [6.45, 7) is 3.50. The molecular formula is C14H17N3O2. The minimum absolute atomic E-state index is 0.0540. The van der Waals surface area contributed by atoms with Crippen molar-refractivity contribution < 1.29 is 9.90 Å². The van der Waals surface area contributed by atoms with Crippen LogP contribution in [0.15, 0.2) is 24.3 Å². The van der Waals surface area contributed by atoms with Crippen LogP contribution in [0.5, 0.6) is 0 Å². The molecule has 0 bridgehead atoms. The van der Waals surface area contributed by atoms with Crippen molar-refractivity contribution in [2.24, 2.45) is 0 Å². The van der Waals surface area contributed by atoms with Gasteiger partial charge in [0, 0.05) is 24.8 Å². The van der Waals surface area contributed by atoms with E-state index in [-0.39, 0.29) is 12.5 Å². The molecule has 1 aromatic carbocycles. The Hall–Kier alpha value is -2.06. The van der Waals surface area contributed by atoms with Crippen molar-refractivity contribution in [1.82, 2.24) is 5.32 Å². The van der Waals surface area contributed by atoms with Crippen LogP contribution in [0.2, 0.25) is 0 Å². The summed E-state index contributed by atoms with van der Waals surface area (Å²) in [7, 11) is 0. The Morgan fingerprint density at radius 3 is 2.79 bits per heavy atom. The van der Waals surface area contributed by atoms with E-state index in [1.54, 1.807) is 12.1 Å². The fraction of sp³-hybridized carbons (Fsp3) is 0.429. The van der Waals surface area contributed by atoms with Crippen LogP contribution in [0.3, 0.4) is 0 Å². The average molecular weight is 259 g/mol. The number of piperazine rings is 1. The van der Waals surface area contributed by atoms with Crippen LogP contribution in [0.25, 0.3) is 0 Å². The third-order valence-electron chi connectivity index (χ3n) is 3.35. The van der Waals surface area contributed by atoms with Gasteiger partial charge in [-0.15, -0.1) is 0 Å².